The first kappa shape index (κ1) is 20.3. The van der Waals surface area contributed by atoms with Gasteiger partial charge in [0.25, 0.3) is 0 Å². The summed E-state index contributed by atoms with van der Waals surface area (Å²) < 4.78 is 11.2. The summed E-state index contributed by atoms with van der Waals surface area (Å²) in [5.74, 6) is -0.775. The van der Waals surface area contributed by atoms with Crippen molar-refractivity contribution < 1.29 is 29.0 Å². The molecule has 1 N–H and O–H groups in total. The van der Waals surface area contributed by atoms with Gasteiger partial charge in [-0.15, -0.1) is 0 Å². The second-order valence-electron chi connectivity index (χ2n) is 9.50. The normalized spacial score (nSPS) is 41.5. The number of fused-ring (bicyclic) bond motifs is 5. The lowest BCUT2D eigenvalue weighted by Crippen LogP contribution is -2.40. The van der Waals surface area contributed by atoms with Gasteiger partial charge < -0.3 is 14.6 Å². The highest BCUT2D eigenvalue weighted by Crippen LogP contribution is 2.50. The number of aliphatic hydroxyl groups is 1. The zero-order valence-electron chi connectivity index (χ0n) is 17.2. The molecule has 0 aromatic rings. The first-order chi connectivity index (χ1) is 13.7. The monoisotopic (exact) mass is 402 g/mol. The number of aliphatic hydroxyl groups excluding tert-OH is 1. The van der Waals surface area contributed by atoms with E-state index in [1.54, 1.807) is 6.08 Å². The first-order valence-electron chi connectivity index (χ1n) is 10.8. The summed E-state index contributed by atoms with van der Waals surface area (Å²) in [4.78, 5) is 37.3. The number of Topliss-reactive ketones (excluding diaryl/α,β-unsaturated/α-hetero) is 1. The highest BCUT2D eigenvalue weighted by molar-refractivity contribution is 6.18. The van der Waals surface area contributed by atoms with E-state index in [1.165, 1.54) is 0 Å². The number of carbonyl (C=O) groups is 3. The van der Waals surface area contributed by atoms with Gasteiger partial charge in [0.2, 0.25) is 0 Å². The molecule has 6 nitrogen and oxygen atoms in total. The molecule has 5 rings (SSSR count). The highest BCUT2D eigenvalue weighted by atomic mass is 16.5. The van der Waals surface area contributed by atoms with Crippen LogP contribution >= 0.6 is 0 Å². The Labute approximate surface area is 171 Å². The smallest absolute Gasteiger partial charge is 0.341 e. The topological polar surface area (TPSA) is 89.9 Å². The van der Waals surface area contributed by atoms with E-state index in [2.05, 4.69) is 19.1 Å². The van der Waals surface area contributed by atoms with E-state index in [-0.39, 0.29) is 65.4 Å². The summed E-state index contributed by atoms with van der Waals surface area (Å²) >= 11 is 0. The summed E-state index contributed by atoms with van der Waals surface area (Å²) in [6.45, 7) is 5.74. The van der Waals surface area contributed by atoms with Crippen LogP contribution < -0.4 is 0 Å². The molecule has 1 saturated heterocycles. The van der Waals surface area contributed by atoms with Crippen LogP contribution in [-0.2, 0) is 23.9 Å². The molecule has 2 aliphatic heterocycles. The minimum absolute atomic E-state index is 0.0467. The fraction of sp³-hybridized carbons (Fsp3) is 0.696. The van der Waals surface area contributed by atoms with E-state index >= 15 is 0 Å². The predicted molar refractivity (Wildman–Crippen MR) is 104 cm³/mol. The number of esters is 2. The van der Waals surface area contributed by atoms with Gasteiger partial charge in [0.15, 0.2) is 5.78 Å². The Hall–Kier alpha value is -1.95. The number of ether oxygens (including phenoxy) is 2. The van der Waals surface area contributed by atoms with E-state index in [0.29, 0.717) is 12.8 Å². The van der Waals surface area contributed by atoms with Crippen LogP contribution in [0.3, 0.4) is 0 Å². The van der Waals surface area contributed by atoms with Crippen LogP contribution in [0.15, 0.2) is 23.8 Å². The molecule has 6 heteroatoms. The first-order valence-corrected chi connectivity index (χ1v) is 10.8. The number of ketones is 1. The standard InChI is InChI=1S/C23H30O6/c1-11(2)22(26)29-21-12(3)6-18-16(21)5-4-13-7-14(24)8-15-9-20(25)19(10-17(13)18)23(27)28-15/h4-5,10-18,21,24H,6-9H2,1-3H3/t12-,13+,14+,15-,16-,17-,18-,21-/m1/s1. The van der Waals surface area contributed by atoms with Crippen molar-refractivity contribution in [3.8, 4) is 0 Å². The van der Waals surface area contributed by atoms with Gasteiger partial charge in [-0.3, -0.25) is 9.59 Å². The molecule has 0 amide bonds. The SMILES string of the molecule is CC(C)C(=O)O[C@H]1[C@@H]2C=C[C@H]3C[C@H](O)C[C@@H]4CC(=O)C(=C[C@H]3[C@@H]2C[C@H]1C)C(=O)O4. The number of carbonyl (C=O) groups excluding carboxylic acids is 3. The molecule has 1 saturated carbocycles. The van der Waals surface area contributed by atoms with Crippen LogP contribution in [0.1, 0.15) is 46.5 Å². The molecule has 2 heterocycles. The van der Waals surface area contributed by atoms with Crippen molar-refractivity contribution in [1.29, 1.82) is 0 Å². The van der Waals surface area contributed by atoms with E-state index in [9.17, 15) is 19.5 Å². The number of hydrogen-bond donors (Lipinski definition) is 1. The van der Waals surface area contributed by atoms with Crippen LogP contribution in [-0.4, -0.2) is 41.1 Å². The Morgan fingerprint density at radius 3 is 2.62 bits per heavy atom. The fourth-order valence-electron chi connectivity index (χ4n) is 5.56. The average Bonchev–Trinajstić information content (AvgIpc) is 2.94. The van der Waals surface area contributed by atoms with Crippen LogP contribution in [0.4, 0.5) is 0 Å². The largest absolute Gasteiger partial charge is 0.461 e. The lowest BCUT2D eigenvalue weighted by Gasteiger charge is -2.39. The van der Waals surface area contributed by atoms with Crippen molar-refractivity contribution in [3.63, 3.8) is 0 Å². The molecule has 0 radical (unpaired) electrons. The van der Waals surface area contributed by atoms with Crippen molar-refractivity contribution in [3.05, 3.63) is 23.8 Å². The molecular weight excluding hydrogens is 372 g/mol. The maximum absolute atomic E-state index is 12.6. The Kier molecular flexibility index (Phi) is 5.40. The van der Waals surface area contributed by atoms with E-state index in [4.69, 9.17) is 9.47 Å². The molecule has 2 fully saturated rings. The minimum Gasteiger partial charge on any atom is -0.461 e. The van der Waals surface area contributed by atoms with Gasteiger partial charge in [0.05, 0.1) is 17.6 Å². The lowest BCUT2D eigenvalue weighted by molar-refractivity contribution is -0.156. The Bertz CT molecular complexity index is 745. The molecule has 3 aliphatic carbocycles. The van der Waals surface area contributed by atoms with Crippen LogP contribution in [0.5, 0.6) is 0 Å². The zero-order chi connectivity index (χ0) is 20.9. The summed E-state index contributed by atoms with van der Waals surface area (Å²) in [6, 6.07) is 0. The molecule has 158 valence electrons. The second kappa shape index (κ2) is 7.71. The summed E-state index contributed by atoms with van der Waals surface area (Å²) in [7, 11) is 0. The summed E-state index contributed by atoms with van der Waals surface area (Å²) in [6.07, 6.45) is 6.49. The summed E-state index contributed by atoms with van der Waals surface area (Å²) in [5.41, 5.74) is 0.150. The molecule has 0 aromatic heterocycles. The maximum Gasteiger partial charge on any atom is 0.341 e. The molecule has 5 aliphatic rings. The quantitative estimate of drug-likeness (QED) is 0.434. The zero-order valence-corrected chi connectivity index (χ0v) is 17.2. The summed E-state index contributed by atoms with van der Waals surface area (Å²) in [5, 5.41) is 10.6. The number of rotatable bonds is 2. The van der Waals surface area contributed by atoms with Gasteiger partial charge in [-0.25, -0.2) is 4.79 Å². The van der Waals surface area contributed by atoms with Gasteiger partial charge in [-0.05, 0) is 36.5 Å². The number of hydrogen-bond acceptors (Lipinski definition) is 6. The van der Waals surface area contributed by atoms with E-state index in [1.807, 2.05) is 13.8 Å². The van der Waals surface area contributed by atoms with E-state index in [0.717, 1.165) is 6.42 Å². The van der Waals surface area contributed by atoms with Crippen LogP contribution in [0, 0.1) is 35.5 Å². The molecule has 8 atom stereocenters. The van der Waals surface area contributed by atoms with Crippen molar-refractivity contribution in [2.45, 2.75) is 64.8 Å². The molecule has 29 heavy (non-hydrogen) atoms. The highest BCUT2D eigenvalue weighted by Gasteiger charge is 2.49. The van der Waals surface area contributed by atoms with Gasteiger partial charge >= 0.3 is 11.9 Å². The van der Waals surface area contributed by atoms with Crippen LogP contribution in [0.25, 0.3) is 0 Å². The fourth-order valence-corrected chi connectivity index (χ4v) is 5.56. The molecule has 0 unspecified atom stereocenters. The van der Waals surface area contributed by atoms with Gasteiger partial charge in [0.1, 0.15) is 12.2 Å². The second-order valence-corrected chi connectivity index (χ2v) is 9.50. The Balaban J connectivity index is 1.68. The van der Waals surface area contributed by atoms with Crippen molar-refractivity contribution in [2.75, 3.05) is 0 Å². The average molecular weight is 402 g/mol. The van der Waals surface area contributed by atoms with Crippen molar-refractivity contribution >= 4 is 17.7 Å². The maximum atomic E-state index is 12.6. The molecular formula is C23H30O6. The lowest BCUT2D eigenvalue weighted by atomic mass is 9.68. The Morgan fingerprint density at radius 1 is 1.17 bits per heavy atom. The van der Waals surface area contributed by atoms with E-state index < -0.39 is 18.2 Å². The van der Waals surface area contributed by atoms with Gasteiger partial charge in [-0.2, -0.15) is 0 Å². The molecule has 0 spiro atoms. The molecule has 2 bridgehead atoms. The third-order valence-corrected chi connectivity index (χ3v) is 7.02. The van der Waals surface area contributed by atoms with Gasteiger partial charge in [-0.1, -0.05) is 39.0 Å². The van der Waals surface area contributed by atoms with Gasteiger partial charge in [0, 0.05) is 18.8 Å². The third kappa shape index (κ3) is 3.79. The van der Waals surface area contributed by atoms with Crippen molar-refractivity contribution in [1.82, 2.24) is 0 Å². The Morgan fingerprint density at radius 2 is 1.93 bits per heavy atom. The predicted octanol–water partition coefficient (Wildman–Crippen LogP) is 2.59. The third-order valence-electron chi connectivity index (χ3n) is 7.02. The van der Waals surface area contributed by atoms with Crippen molar-refractivity contribution in [2.24, 2.45) is 35.5 Å². The number of allylic oxidation sites excluding steroid dienone is 2. The molecule has 0 aromatic carbocycles. The minimum atomic E-state index is -0.629. The van der Waals surface area contributed by atoms with Crippen LogP contribution in [0.2, 0.25) is 0 Å².